The van der Waals surface area contributed by atoms with Crippen molar-refractivity contribution < 1.29 is 9.59 Å². The first-order valence-electron chi connectivity index (χ1n) is 7.76. The number of nitrogens with one attached hydrogen (secondary N) is 3. The summed E-state index contributed by atoms with van der Waals surface area (Å²) in [6.07, 6.45) is 1.30. The zero-order valence-electron chi connectivity index (χ0n) is 13.4. The maximum Gasteiger partial charge on any atom is 0.243 e. The molecule has 0 bridgehead atoms. The van der Waals surface area contributed by atoms with E-state index in [1.807, 2.05) is 49.4 Å². The van der Waals surface area contributed by atoms with Gasteiger partial charge in [0, 0.05) is 28.0 Å². The normalized spacial score (nSPS) is 10.1. The first-order chi connectivity index (χ1) is 11.6. The Balaban J connectivity index is 1.86. The van der Waals surface area contributed by atoms with E-state index in [1.54, 1.807) is 6.07 Å². The van der Waals surface area contributed by atoms with Gasteiger partial charge in [-0.1, -0.05) is 28.9 Å². The third-order valence-corrected chi connectivity index (χ3v) is 3.73. The molecule has 0 radical (unpaired) electrons. The van der Waals surface area contributed by atoms with Crippen LogP contribution in [0.25, 0.3) is 0 Å². The lowest BCUT2D eigenvalue weighted by Gasteiger charge is -2.10. The second kappa shape index (κ2) is 9.08. The first-order valence-corrected chi connectivity index (χ1v) is 8.55. The van der Waals surface area contributed by atoms with Crippen LogP contribution in [0.3, 0.4) is 0 Å². The van der Waals surface area contributed by atoms with Crippen molar-refractivity contribution in [2.75, 3.05) is 22.5 Å². The predicted molar refractivity (Wildman–Crippen MR) is 101 cm³/mol. The van der Waals surface area contributed by atoms with Crippen LogP contribution >= 0.6 is 15.9 Å². The van der Waals surface area contributed by atoms with E-state index in [4.69, 9.17) is 0 Å². The van der Waals surface area contributed by atoms with Gasteiger partial charge in [-0.25, -0.2) is 0 Å². The molecule has 2 rings (SSSR count). The lowest BCUT2D eigenvalue weighted by molar-refractivity contribution is -0.116. The quantitative estimate of drug-likeness (QED) is 0.663. The van der Waals surface area contributed by atoms with Crippen molar-refractivity contribution in [1.82, 2.24) is 0 Å². The molecule has 2 aromatic carbocycles. The molecule has 126 valence electrons. The van der Waals surface area contributed by atoms with Gasteiger partial charge in [-0.3, -0.25) is 9.59 Å². The Bertz CT molecular complexity index is 702. The number of carbonyl (C=O) groups excluding carboxylic acids is 2. The van der Waals surface area contributed by atoms with Gasteiger partial charge in [0.05, 0.1) is 6.54 Å². The molecule has 6 heteroatoms. The van der Waals surface area contributed by atoms with Crippen molar-refractivity contribution in [3.63, 3.8) is 0 Å². The minimum absolute atomic E-state index is 0.0115. The first kappa shape index (κ1) is 18.0. The highest BCUT2D eigenvalue weighted by atomic mass is 79.9. The third-order valence-electron chi connectivity index (χ3n) is 3.20. The van der Waals surface area contributed by atoms with Crippen LogP contribution in [0.5, 0.6) is 0 Å². The Labute approximate surface area is 150 Å². The number of anilines is 3. The molecule has 2 amide bonds. The number of hydrogen-bond donors (Lipinski definition) is 3. The summed E-state index contributed by atoms with van der Waals surface area (Å²) in [6.45, 7) is 2.10. The molecule has 0 aliphatic rings. The van der Waals surface area contributed by atoms with E-state index in [0.717, 1.165) is 22.3 Å². The number of benzene rings is 2. The number of carbonyl (C=O) groups is 2. The van der Waals surface area contributed by atoms with Crippen LogP contribution in [0.4, 0.5) is 17.1 Å². The molecule has 2 aromatic rings. The SMILES string of the molecule is CCCC(=O)Nc1cccc(NCC(=O)Nc2ccc(Br)cc2)c1. The molecule has 0 aliphatic carbocycles. The van der Waals surface area contributed by atoms with Gasteiger partial charge >= 0.3 is 0 Å². The van der Waals surface area contributed by atoms with E-state index >= 15 is 0 Å². The zero-order valence-corrected chi connectivity index (χ0v) is 15.0. The van der Waals surface area contributed by atoms with Crippen LogP contribution in [0.2, 0.25) is 0 Å². The van der Waals surface area contributed by atoms with Gasteiger partial charge in [0.15, 0.2) is 0 Å². The summed E-state index contributed by atoms with van der Waals surface area (Å²) in [5.74, 6) is -0.152. The fourth-order valence-corrected chi connectivity index (χ4v) is 2.34. The van der Waals surface area contributed by atoms with Gasteiger partial charge in [0.1, 0.15) is 0 Å². The maximum absolute atomic E-state index is 12.0. The molecule has 0 saturated carbocycles. The highest BCUT2D eigenvalue weighted by Crippen LogP contribution is 2.16. The lowest BCUT2D eigenvalue weighted by Crippen LogP contribution is -2.21. The molecule has 5 nitrogen and oxygen atoms in total. The Hall–Kier alpha value is -2.34. The van der Waals surface area contributed by atoms with Crippen molar-refractivity contribution in [1.29, 1.82) is 0 Å². The third kappa shape index (κ3) is 6.04. The van der Waals surface area contributed by atoms with Crippen molar-refractivity contribution in [3.8, 4) is 0 Å². The summed E-state index contributed by atoms with van der Waals surface area (Å²) in [4.78, 5) is 23.6. The monoisotopic (exact) mass is 389 g/mol. The van der Waals surface area contributed by atoms with Crippen LogP contribution in [-0.2, 0) is 9.59 Å². The minimum Gasteiger partial charge on any atom is -0.376 e. The van der Waals surface area contributed by atoms with Gasteiger partial charge in [-0.2, -0.15) is 0 Å². The molecular weight excluding hydrogens is 370 g/mol. The van der Waals surface area contributed by atoms with Gasteiger partial charge < -0.3 is 16.0 Å². The van der Waals surface area contributed by atoms with E-state index in [9.17, 15) is 9.59 Å². The van der Waals surface area contributed by atoms with E-state index < -0.39 is 0 Å². The Kier molecular flexibility index (Phi) is 6.81. The smallest absolute Gasteiger partial charge is 0.243 e. The highest BCUT2D eigenvalue weighted by Gasteiger charge is 2.04. The Morgan fingerprint density at radius 2 is 1.58 bits per heavy atom. The summed E-state index contributed by atoms with van der Waals surface area (Å²) >= 11 is 3.35. The van der Waals surface area contributed by atoms with Crippen LogP contribution in [-0.4, -0.2) is 18.4 Å². The van der Waals surface area contributed by atoms with Crippen LogP contribution in [0.1, 0.15) is 19.8 Å². The van der Waals surface area contributed by atoms with Gasteiger partial charge in [-0.15, -0.1) is 0 Å². The largest absolute Gasteiger partial charge is 0.376 e. The Morgan fingerprint density at radius 3 is 2.29 bits per heavy atom. The van der Waals surface area contributed by atoms with Gasteiger partial charge in [-0.05, 0) is 48.9 Å². The number of amides is 2. The standard InChI is InChI=1S/C18H20BrN3O2/c1-2-4-17(23)22-16-6-3-5-15(11-16)20-12-18(24)21-14-9-7-13(19)8-10-14/h3,5-11,20H,2,4,12H2,1H3,(H,21,24)(H,22,23). The van der Waals surface area contributed by atoms with E-state index in [-0.39, 0.29) is 18.4 Å². The van der Waals surface area contributed by atoms with E-state index in [1.165, 1.54) is 0 Å². The summed E-state index contributed by atoms with van der Waals surface area (Å²) < 4.78 is 0.959. The average Bonchev–Trinajstić information content (AvgIpc) is 2.56. The van der Waals surface area contributed by atoms with Crippen molar-refractivity contribution >= 4 is 44.8 Å². The fraction of sp³-hybridized carbons (Fsp3) is 0.222. The molecule has 0 heterocycles. The van der Waals surface area contributed by atoms with Crippen LogP contribution < -0.4 is 16.0 Å². The van der Waals surface area contributed by atoms with Crippen LogP contribution in [0.15, 0.2) is 53.0 Å². The number of hydrogen-bond acceptors (Lipinski definition) is 3. The molecule has 0 unspecified atom stereocenters. The molecular formula is C18H20BrN3O2. The summed E-state index contributed by atoms with van der Waals surface area (Å²) in [5.41, 5.74) is 2.23. The van der Waals surface area contributed by atoms with Gasteiger partial charge in [0.25, 0.3) is 0 Å². The van der Waals surface area contributed by atoms with E-state index in [0.29, 0.717) is 12.1 Å². The summed E-state index contributed by atoms with van der Waals surface area (Å²) in [5, 5.41) is 8.69. The average molecular weight is 390 g/mol. The predicted octanol–water partition coefficient (Wildman–Crippen LogP) is 4.24. The lowest BCUT2D eigenvalue weighted by atomic mass is 10.2. The molecule has 3 N–H and O–H groups in total. The van der Waals surface area contributed by atoms with Crippen LogP contribution in [0, 0.1) is 0 Å². The van der Waals surface area contributed by atoms with E-state index in [2.05, 4.69) is 31.9 Å². The minimum atomic E-state index is -0.141. The topological polar surface area (TPSA) is 70.2 Å². The zero-order chi connectivity index (χ0) is 17.4. The molecule has 0 atom stereocenters. The van der Waals surface area contributed by atoms with Gasteiger partial charge in [0.2, 0.25) is 11.8 Å². The van der Waals surface area contributed by atoms with Crippen molar-refractivity contribution in [2.45, 2.75) is 19.8 Å². The van der Waals surface area contributed by atoms with Crippen molar-refractivity contribution in [3.05, 3.63) is 53.0 Å². The number of halogens is 1. The molecule has 24 heavy (non-hydrogen) atoms. The second-order valence-electron chi connectivity index (χ2n) is 5.29. The maximum atomic E-state index is 12.0. The molecule has 0 fully saturated rings. The fourth-order valence-electron chi connectivity index (χ4n) is 2.08. The highest BCUT2D eigenvalue weighted by molar-refractivity contribution is 9.10. The summed E-state index contributed by atoms with van der Waals surface area (Å²) in [7, 11) is 0. The molecule has 0 aromatic heterocycles. The summed E-state index contributed by atoms with van der Waals surface area (Å²) in [6, 6.07) is 14.7. The Morgan fingerprint density at radius 1 is 0.917 bits per heavy atom. The molecule has 0 spiro atoms. The second-order valence-corrected chi connectivity index (χ2v) is 6.20. The molecule has 0 aliphatic heterocycles. The molecule has 0 saturated heterocycles. The van der Waals surface area contributed by atoms with Crippen molar-refractivity contribution in [2.24, 2.45) is 0 Å². The number of rotatable bonds is 7.